The number of halogens is 1. The van der Waals surface area contributed by atoms with Crippen molar-refractivity contribution in [2.75, 3.05) is 38.5 Å². The molecular weight excluding hydrogens is 446 g/mol. The Kier molecular flexibility index (Phi) is 7.91. The summed E-state index contributed by atoms with van der Waals surface area (Å²) in [6.45, 7) is 0.593. The van der Waals surface area contributed by atoms with Gasteiger partial charge in [0.2, 0.25) is 5.91 Å². The Bertz CT molecular complexity index is 854. The fourth-order valence-electron chi connectivity index (χ4n) is 3.30. The first kappa shape index (κ1) is 23.1. The Balaban J connectivity index is 1.34. The lowest BCUT2D eigenvalue weighted by Crippen LogP contribution is -2.41. The van der Waals surface area contributed by atoms with Gasteiger partial charge in [-0.3, -0.25) is 28.9 Å². The van der Waals surface area contributed by atoms with Gasteiger partial charge in [0.25, 0.3) is 17.1 Å². The first-order valence-corrected chi connectivity index (χ1v) is 11.2. The van der Waals surface area contributed by atoms with Crippen LogP contribution in [-0.2, 0) is 19.1 Å². The van der Waals surface area contributed by atoms with Crippen LogP contribution in [0.3, 0.4) is 0 Å². The Morgan fingerprint density at radius 1 is 1.13 bits per heavy atom. The van der Waals surface area contributed by atoms with Gasteiger partial charge in [-0.05, 0) is 37.1 Å². The molecule has 2 aliphatic rings. The molecule has 1 aromatic rings. The highest BCUT2D eigenvalue weighted by atomic mass is 35.5. The largest absolute Gasteiger partial charge is 0.455 e. The summed E-state index contributed by atoms with van der Waals surface area (Å²) in [6, 6.07) is 6.64. The van der Waals surface area contributed by atoms with Gasteiger partial charge in [-0.15, -0.1) is 0 Å². The summed E-state index contributed by atoms with van der Waals surface area (Å²) in [5, 5.41) is 2.75. The van der Waals surface area contributed by atoms with Crippen LogP contribution in [0, 0.1) is 5.92 Å². The molecule has 0 radical (unpaired) electrons. The number of likely N-dealkylation sites (tertiary alicyclic amines) is 1. The van der Waals surface area contributed by atoms with Gasteiger partial charge in [0.1, 0.15) is 0 Å². The lowest BCUT2D eigenvalue weighted by Gasteiger charge is -2.31. The van der Waals surface area contributed by atoms with Gasteiger partial charge in [0.15, 0.2) is 6.61 Å². The van der Waals surface area contributed by atoms with Crippen molar-refractivity contribution in [1.82, 2.24) is 15.1 Å². The van der Waals surface area contributed by atoms with E-state index in [2.05, 4.69) is 5.32 Å². The summed E-state index contributed by atoms with van der Waals surface area (Å²) in [5.74, 6) is -1.63. The number of hydrogen-bond donors (Lipinski definition) is 1. The number of esters is 1. The molecule has 9 nitrogen and oxygen atoms in total. The van der Waals surface area contributed by atoms with E-state index in [4.69, 9.17) is 16.3 Å². The minimum absolute atomic E-state index is 0.0878. The van der Waals surface area contributed by atoms with Crippen LogP contribution >= 0.6 is 23.4 Å². The molecule has 0 atom stereocenters. The standard InChI is InChI=1S/C20H22ClN3O6S/c21-15-3-1-13(2-4-15)18(27)23-8-5-14(6-9-23)19(28)30-11-16(25)22-7-10-24-17(26)12-31-20(24)29/h1-4,14H,5-12H2,(H,22,25). The molecule has 166 valence electrons. The van der Waals surface area contributed by atoms with Crippen molar-refractivity contribution in [1.29, 1.82) is 0 Å². The molecule has 3 rings (SSSR count). The monoisotopic (exact) mass is 467 g/mol. The third-order valence-corrected chi connectivity index (χ3v) is 6.16. The first-order valence-electron chi connectivity index (χ1n) is 9.80. The number of ether oxygens (including phenoxy) is 1. The molecule has 2 aliphatic heterocycles. The lowest BCUT2D eigenvalue weighted by atomic mass is 9.96. The molecule has 2 saturated heterocycles. The summed E-state index contributed by atoms with van der Waals surface area (Å²) in [5.41, 5.74) is 0.540. The van der Waals surface area contributed by atoms with Crippen molar-refractivity contribution >= 4 is 52.3 Å². The SMILES string of the molecule is O=C(COC(=O)C1CCN(C(=O)c2ccc(Cl)cc2)CC1)NCCN1C(=O)CSC1=O. The summed E-state index contributed by atoms with van der Waals surface area (Å²) in [7, 11) is 0. The maximum absolute atomic E-state index is 12.5. The Morgan fingerprint density at radius 3 is 2.42 bits per heavy atom. The number of carbonyl (C=O) groups excluding carboxylic acids is 5. The van der Waals surface area contributed by atoms with Crippen LogP contribution in [0.1, 0.15) is 23.2 Å². The second-order valence-electron chi connectivity index (χ2n) is 7.13. The lowest BCUT2D eigenvalue weighted by molar-refractivity contribution is -0.153. The van der Waals surface area contributed by atoms with Crippen LogP contribution in [-0.4, -0.2) is 77.3 Å². The third-order valence-electron chi connectivity index (χ3n) is 5.05. The van der Waals surface area contributed by atoms with Gasteiger partial charge >= 0.3 is 5.97 Å². The van der Waals surface area contributed by atoms with Gasteiger partial charge in [-0.25, -0.2) is 0 Å². The average molecular weight is 468 g/mol. The van der Waals surface area contributed by atoms with Crippen molar-refractivity contribution < 1.29 is 28.7 Å². The molecule has 2 heterocycles. The van der Waals surface area contributed by atoms with E-state index in [0.29, 0.717) is 36.5 Å². The summed E-state index contributed by atoms with van der Waals surface area (Å²) < 4.78 is 5.08. The third kappa shape index (κ3) is 6.20. The quantitative estimate of drug-likeness (QED) is 0.605. The highest BCUT2D eigenvalue weighted by molar-refractivity contribution is 8.14. The number of benzene rings is 1. The van der Waals surface area contributed by atoms with E-state index in [1.54, 1.807) is 29.2 Å². The van der Waals surface area contributed by atoms with E-state index < -0.39 is 18.5 Å². The molecule has 0 aromatic heterocycles. The van der Waals surface area contributed by atoms with Crippen LogP contribution in [0.15, 0.2) is 24.3 Å². The van der Waals surface area contributed by atoms with Crippen LogP contribution in [0.2, 0.25) is 5.02 Å². The molecular formula is C20H22ClN3O6S. The molecule has 0 saturated carbocycles. The highest BCUT2D eigenvalue weighted by Crippen LogP contribution is 2.21. The van der Waals surface area contributed by atoms with Crippen molar-refractivity contribution in [3.63, 3.8) is 0 Å². The maximum Gasteiger partial charge on any atom is 0.309 e. The first-order chi connectivity index (χ1) is 14.8. The Labute approximate surface area is 188 Å². The zero-order valence-corrected chi connectivity index (χ0v) is 18.2. The molecule has 0 unspecified atom stereocenters. The predicted molar refractivity (Wildman–Crippen MR) is 114 cm³/mol. The molecule has 0 spiro atoms. The molecule has 1 N–H and O–H groups in total. The van der Waals surface area contributed by atoms with Crippen LogP contribution in [0.25, 0.3) is 0 Å². The van der Waals surface area contributed by atoms with Gasteiger partial charge in [0, 0.05) is 36.8 Å². The van der Waals surface area contributed by atoms with Crippen LogP contribution in [0.5, 0.6) is 0 Å². The van der Waals surface area contributed by atoms with E-state index in [-0.39, 0.29) is 41.8 Å². The minimum Gasteiger partial charge on any atom is -0.455 e. The van der Waals surface area contributed by atoms with Crippen molar-refractivity contribution in [2.24, 2.45) is 5.92 Å². The number of hydrogen-bond acceptors (Lipinski definition) is 7. The van der Waals surface area contributed by atoms with Gasteiger partial charge in [-0.1, -0.05) is 23.4 Å². The molecule has 1 aromatic carbocycles. The average Bonchev–Trinajstić information content (AvgIpc) is 3.10. The van der Waals surface area contributed by atoms with E-state index in [9.17, 15) is 24.0 Å². The number of nitrogens with one attached hydrogen (secondary N) is 1. The molecule has 4 amide bonds. The predicted octanol–water partition coefficient (Wildman–Crippen LogP) is 1.55. The molecule has 2 fully saturated rings. The number of rotatable bonds is 7. The second-order valence-corrected chi connectivity index (χ2v) is 8.49. The zero-order chi connectivity index (χ0) is 22.4. The summed E-state index contributed by atoms with van der Waals surface area (Å²) in [6.07, 6.45) is 0.910. The summed E-state index contributed by atoms with van der Waals surface area (Å²) >= 11 is 6.77. The van der Waals surface area contributed by atoms with Crippen molar-refractivity contribution in [2.45, 2.75) is 12.8 Å². The number of thioether (sulfide) groups is 1. The van der Waals surface area contributed by atoms with Crippen molar-refractivity contribution in [3.8, 4) is 0 Å². The number of imide groups is 1. The van der Waals surface area contributed by atoms with Crippen LogP contribution in [0.4, 0.5) is 4.79 Å². The highest BCUT2D eigenvalue weighted by Gasteiger charge is 2.30. The fraction of sp³-hybridized carbons (Fsp3) is 0.450. The Hall–Kier alpha value is -2.59. The number of piperidine rings is 1. The topological polar surface area (TPSA) is 113 Å². The van der Waals surface area contributed by atoms with E-state index >= 15 is 0 Å². The van der Waals surface area contributed by atoms with E-state index in [1.807, 2.05) is 0 Å². The number of nitrogens with zero attached hydrogens (tertiary/aromatic N) is 2. The number of amides is 4. The van der Waals surface area contributed by atoms with E-state index in [1.165, 1.54) is 0 Å². The molecule has 31 heavy (non-hydrogen) atoms. The van der Waals surface area contributed by atoms with Crippen LogP contribution < -0.4 is 5.32 Å². The smallest absolute Gasteiger partial charge is 0.309 e. The second kappa shape index (κ2) is 10.6. The Morgan fingerprint density at radius 2 is 1.81 bits per heavy atom. The van der Waals surface area contributed by atoms with Gasteiger partial charge in [-0.2, -0.15) is 0 Å². The van der Waals surface area contributed by atoms with Gasteiger partial charge < -0.3 is 15.0 Å². The zero-order valence-electron chi connectivity index (χ0n) is 16.7. The molecule has 0 aliphatic carbocycles. The molecule has 0 bridgehead atoms. The normalized spacial score (nSPS) is 17.1. The van der Waals surface area contributed by atoms with E-state index in [0.717, 1.165) is 16.7 Å². The van der Waals surface area contributed by atoms with Crippen molar-refractivity contribution in [3.05, 3.63) is 34.9 Å². The maximum atomic E-state index is 12.5. The molecule has 11 heteroatoms. The number of carbonyl (C=O) groups is 5. The minimum atomic E-state index is -0.504. The van der Waals surface area contributed by atoms with Gasteiger partial charge in [0.05, 0.1) is 11.7 Å². The summed E-state index contributed by atoms with van der Waals surface area (Å²) in [4.78, 5) is 62.3. The fourth-order valence-corrected chi connectivity index (χ4v) is 4.18.